The Morgan fingerprint density at radius 1 is 1.26 bits per heavy atom. The van der Waals surface area contributed by atoms with Crippen molar-refractivity contribution < 1.29 is 4.79 Å². The molecule has 2 fully saturated rings. The van der Waals surface area contributed by atoms with Crippen LogP contribution in [0.1, 0.15) is 25.7 Å². The number of carbonyl (C=O) groups is 1. The lowest BCUT2D eigenvalue weighted by molar-refractivity contribution is -0.123. The van der Waals surface area contributed by atoms with Gasteiger partial charge in [0.25, 0.3) is 0 Å². The second-order valence-corrected chi connectivity index (χ2v) is 6.28. The highest BCUT2D eigenvalue weighted by Gasteiger charge is 2.35. The first-order chi connectivity index (χ1) is 11.2. The third-order valence-corrected chi connectivity index (χ3v) is 4.66. The summed E-state index contributed by atoms with van der Waals surface area (Å²) < 4.78 is 0. The molecule has 1 aliphatic heterocycles. The molecule has 0 unspecified atom stereocenters. The van der Waals surface area contributed by atoms with E-state index in [1.54, 1.807) is 18.6 Å². The lowest BCUT2D eigenvalue weighted by Crippen LogP contribution is -2.53. The Bertz CT molecular complexity index is 570. The molecule has 23 heavy (non-hydrogen) atoms. The van der Waals surface area contributed by atoms with Crippen LogP contribution in [0.3, 0.4) is 0 Å². The summed E-state index contributed by atoms with van der Waals surface area (Å²) in [4.78, 5) is 24.9. The zero-order valence-electron chi connectivity index (χ0n) is 13.2. The molecule has 0 bridgehead atoms. The number of amides is 1. The normalized spacial score (nSPS) is 20.9. The number of aromatic nitrogens is 2. The standard InChI is InChI=1S/C16H22N6O/c17-13-16(3-1-2-4-16)20-15(23)12-21-7-9-22(10-8-21)14-11-18-5-6-19-14/h5-6,11H,1-4,7-10,12H2,(H,20,23). The molecular formula is C16H22N6O. The molecule has 1 saturated heterocycles. The van der Waals surface area contributed by atoms with E-state index < -0.39 is 5.54 Å². The van der Waals surface area contributed by atoms with E-state index >= 15 is 0 Å². The highest BCUT2D eigenvalue weighted by atomic mass is 16.2. The third-order valence-electron chi connectivity index (χ3n) is 4.66. The van der Waals surface area contributed by atoms with Crippen LogP contribution in [0.2, 0.25) is 0 Å². The van der Waals surface area contributed by atoms with E-state index in [1.807, 2.05) is 0 Å². The fraction of sp³-hybridized carbons (Fsp3) is 0.625. The van der Waals surface area contributed by atoms with Gasteiger partial charge in [-0.2, -0.15) is 5.26 Å². The highest BCUT2D eigenvalue weighted by Crippen LogP contribution is 2.28. The summed E-state index contributed by atoms with van der Waals surface area (Å²) in [5.74, 6) is 0.840. The second kappa shape index (κ2) is 6.92. The monoisotopic (exact) mass is 314 g/mol. The van der Waals surface area contributed by atoms with Crippen molar-refractivity contribution in [2.24, 2.45) is 0 Å². The molecule has 1 amide bonds. The number of hydrogen-bond donors (Lipinski definition) is 1. The van der Waals surface area contributed by atoms with Crippen LogP contribution in [0.15, 0.2) is 18.6 Å². The van der Waals surface area contributed by atoms with Crippen LogP contribution >= 0.6 is 0 Å². The first-order valence-corrected chi connectivity index (χ1v) is 8.16. The number of hydrogen-bond acceptors (Lipinski definition) is 6. The van der Waals surface area contributed by atoms with Crippen LogP contribution in [0.5, 0.6) is 0 Å². The molecule has 0 aromatic carbocycles. The molecule has 7 nitrogen and oxygen atoms in total. The number of rotatable bonds is 4. The van der Waals surface area contributed by atoms with E-state index in [-0.39, 0.29) is 5.91 Å². The molecule has 0 atom stereocenters. The van der Waals surface area contributed by atoms with Crippen molar-refractivity contribution in [2.75, 3.05) is 37.6 Å². The van der Waals surface area contributed by atoms with E-state index in [2.05, 4.69) is 31.2 Å². The first kappa shape index (κ1) is 15.7. The molecule has 122 valence electrons. The third kappa shape index (κ3) is 3.77. The molecule has 1 saturated carbocycles. The quantitative estimate of drug-likeness (QED) is 0.873. The maximum Gasteiger partial charge on any atom is 0.235 e. The molecule has 1 aromatic rings. The van der Waals surface area contributed by atoms with Crippen molar-refractivity contribution in [1.82, 2.24) is 20.2 Å². The Morgan fingerprint density at radius 2 is 2.00 bits per heavy atom. The number of nitriles is 1. The van der Waals surface area contributed by atoms with E-state index in [1.165, 1.54) is 0 Å². The van der Waals surface area contributed by atoms with E-state index in [4.69, 9.17) is 0 Å². The Morgan fingerprint density at radius 3 is 2.61 bits per heavy atom. The summed E-state index contributed by atoms with van der Waals surface area (Å²) in [5, 5.41) is 12.3. The summed E-state index contributed by atoms with van der Waals surface area (Å²) in [7, 11) is 0. The number of carbonyl (C=O) groups excluding carboxylic acids is 1. The zero-order chi connectivity index (χ0) is 16.1. The Kier molecular flexibility index (Phi) is 4.72. The summed E-state index contributed by atoms with van der Waals surface area (Å²) in [5.41, 5.74) is -0.626. The molecule has 2 aliphatic rings. The Balaban J connectivity index is 1.47. The highest BCUT2D eigenvalue weighted by molar-refractivity contribution is 5.79. The van der Waals surface area contributed by atoms with Gasteiger partial charge in [0.1, 0.15) is 11.4 Å². The van der Waals surface area contributed by atoms with Gasteiger partial charge in [-0.3, -0.25) is 14.7 Å². The van der Waals surface area contributed by atoms with Gasteiger partial charge in [-0.1, -0.05) is 0 Å². The average molecular weight is 314 g/mol. The fourth-order valence-electron chi connectivity index (χ4n) is 3.34. The van der Waals surface area contributed by atoms with Crippen LogP contribution < -0.4 is 10.2 Å². The van der Waals surface area contributed by atoms with Gasteiger partial charge in [0.05, 0.1) is 18.8 Å². The van der Waals surface area contributed by atoms with Gasteiger partial charge in [-0.25, -0.2) is 4.98 Å². The maximum absolute atomic E-state index is 12.2. The number of piperazine rings is 1. The minimum Gasteiger partial charge on any atom is -0.353 e. The Hall–Kier alpha value is -2.20. The van der Waals surface area contributed by atoms with Crippen molar-refractivity contribution in [3.63, 3.8) is 0 Å². The molecule has 1 aromatic heterocycles. The molecule has 3 rings (SSSR count). The smallest absolute Gasteiger partial charge is 0.235 e. The summed E-state index contributed by atoms with van der Waals surface area (Å²) in [6.45, 7) is 3.63. The van der Waals surface area contributed by atoms with Crippen molar-refractivity contribution >= 4 is 11.7 Å². The van der Waals surface area contributed by atoms with Gasteiger partial charge >= 0.3 is 0 Å². The molecule has 1 aliphatic carbocycles. The average Bonchev–Trinajstić information content (AvgIpc) is 3.05. The predicted octanol–water partition coefficient (Wildman–Crippen LogP) is 0.551. The lowest BCUT2D eigenvalue weighted by atomic mass is 10.00. The van der Waals surface area contributed by atoms with Gasteiger partial charge < -0.3 is 10.2 Å². The molecule has 1 N–H and O–H groups in total. The van der Waals surface area contributed by atoms with Gasteiger partial charge in [-0.05, 0) is 25.7 Å². The van der Waals surface area contributed by atoms with Crippen LogP contribution in [-0.2, 0) is 4.79 Å². The minimum absolute atomic E-state index is 0.0404. The van der Waals surface area contributed by atoms with Crippen LogP contribution in [0.25, 0.3) is 0 Å². The summed E-state index contributed by atoms with van der Waals surface area (Å²) in [6, 6.07) is 2.30. The predicted molar refractivity (Wildman–Crippen MR) is 85.6 cm³/mol. The second-order valence-electron chi connectivity index (χ2n) is 6.28. The molecule has 0 radical (unpaired) electrons. The SMILES string of the molecule is N#CC1(NC(=O)CN2CCN(c3cnccn3)CC2)CCCC1. The molecular weight excluding hydrogens is 292 g/mol. The van der Waals surface area contributed by atoms with Gasteiger partial charge in [0.15, 0.2) is 0 Å². The summed E-state index contributed by atoms with van der Waals surface area (Å²) >= 11 is 0. The minimum atomic E-state index is -0.626. The Labute approximate surface area is 136 Å². The summed E-state index contributed by atoms with van der Waals surface area (Å²) in [6.07, 6.45) is 8.70. The number of nitrogens with one attached hydrogen (secondary N) is 1. The van der Waals surface area contributed by atoms with E-state index in [0.717, 1.165) is 57.7 Å². The molecule has 0 spiro atoms. The van der Waals surface area contributed by atoms with E-state index in [9.17, 15) is 10.1 Å². The van der Waals surface area contributed by atoms with Gasteiger partial charge in [0.2, 0.25) is 5.91 Å². The lowest BCUT2D eigenvalue weighted by Gasteiger charge is -2.35. The van der Waals surface area contributed by atoms with Crippen LogP contribution in [-0.4, -0.2) is 59.0 Å². The van der Waals surface area contributed by atoms with Crippen molar-refractivity contribution in [3.05, 3.63) is 18.6 Å². The number of nitrogens with zero attached hydrogens (tertiary/aromatic N) is 5. The largest absolute Gasteiger partial charge is 0.353 e. The zero-order valence-corrected chi connectivity index (χ0v) is 13.2. The topological polar surface area (TPSA) is 85.2 Å². The van der Waals surface area contributed by atoms with Gasteiger partial charge in [0, 0.05) is 38.6 Å². The van der Waals surface area contributed by atoms with Gasteiger partial charge in [-0.15, -0.1) is 0 Å². The maximum atomic E-state index is 12.2. The number of anilines is 1. The van der Waals surface area contributed by atoms with Crippen molar-refractivity contribution in [2.45, 2.75) is 31.2 Å². The fourth-order valence-corrected chi connectivity index (χ4v) is 3.34. The molecule has 2 heterocycles. The first-order valence-electron chi connectivity index (χ1n) is 8.16. The van der Waals surface area contributed by atoms with Crippen molar-refractivity contribution in [3.8, 4) is 6.07 Å². The van der Waals surface area contributed by atoms with Crippen molar-refractivity contribution in [1.29, 1.82) is 5.26 Å². The van der Waals surface area contributed by atoms with Crippen LogP contribution in [0.4, 0.5) is 5.82 Å². The molecule has 7 heteroatoms. The van der Waals surface area contributed by atoms with Crippen LogP contribution in [0, 0.1) is 11.3 Å². The van der Waals surface area contributed by atoms with E-state index in [0.29, 0.717) is 6.54 Å².